The number of hydrogen-bond donors (Lipinski definition) is 4. The third-order valence-corrected chi connectivity index (χ3v) is 3.98. The molecule has 0 heterocycles. The maximum absolute atomic E-state index is 11.8. The summed E-state index contributed by atoms with van der Waals surface area (Å²) in [5.41, 5.74) is 0.375. The van der Waals surface area contributed by atoms with Crippen molar-refractivity contribution >= 4 is 29.0 Å². The van der Waals surface area contributed by atoms with Gasteiger partial charge in [-0.25, -0.2) is 0 Å². The number of alkyl halides is 1. The highest BCUT2D eigenvalue weighted by molar-refractivity contribution is 6.34. The Balaban J connectivity index is 2.03. The van der Waals surface area contributed by atoms with Gasteiger partial charge in [-0.15, -0.1) is 11.6 Å². The van der Waals surface area contributed by atoms with Gasteiger partial charge in [0.15, 0.2) is 5.78 Å². The van der Waals surface area contributed by atoms with E-state index in [0.717, 1.165) is 0 Å². The van der Waals surface area contributed by atoms with Crippen LogP contribution in [0.3, 0.4) is 0 Å². The average molecular weight is 349 g/mol. The molecule has 22 heavy (non-hydrogen) atoms. The lowest BCUT2D eigenvalue weighted by Crippen LogP contribution is -2.43. The number of hydrogen-bond acceptors (Lipinski definition) is 6. The summed E-state index contributed by atoms with van der Waals surface area (Å²) in [4.78, 5) is 11.8. The van der Waals surface area contributed by atoms with Crippen LogP contribution in [0.4, 0.5) is 0 Å². The standard InChI is InChI=1S/C14H14Cl2O6/c15-9-3-8(17)1-6(12(9)19)4-22-5-7-2-10(18)14(21)11(16)13(7)20/h1-3,10-11,14,17-19,21H,4-5H2/t10-,11-,14-/m1/s1. The molecule has 2 rings (SSSR count). The summed E-state index contributed by atoms with van der Waals surface area (Å²) >= 11 is 11.4. The molecule has 0 unspecified atom stereocenters. The maximum Gasteiger partial charge on any atom is 0.181 e. The molecule has 4 N–H and O–H groups in total. The number of phenols is 2. The van der Waals surface area contributed by atoms with Crippen molar-refractivity contribution in [3.05, 3.63) is 34.4 Å². The molecule has 0 amide bonds. The molecule has 0 saturated heterocycles. The molecule has 6 nitrogen and oxygen atoms in total. The number of aliphatic hydroxyl groups is 2. The highest BCUT2D eigenvalue weighted by Gasteiger charge is 2.36. The number of aromatic hydroxyl groups is 2. The molecule has 120 valence electrons. The third kappa shape index (κ3) is 3.53. The van der Waals surface area contributed by atoms with Crippen molar-refractivity contribution in [2.24, 2.45) is 0 Å². The lowest BCUT2D eigenvalue weighted by atomic mass is 9.93. The maximum atomic E-state index is 11.8. The first-order chi connectivity index (χ1) is 10.3. The number of carbonyl (C=O) groups excluding carboxylic acids is 1. The summed E-state index contributed by atoms with van der Waals surface area (Å²) < 4.78 is 5.28. The number of rotatable bonds is 4. The Hall–Kier alpha value is -1.31. The summed E-state index contributed by atoms with van der Waals surface area (Å²) in [5.74, 6) is -0.888. The Morgan fingerprint density at radius 2 is 1.86 bits per heavy atom. The van der Waals surface area contributed by atoms with E-state index < -0.39 is 23.4 Å². The van der Waals surface area contributed by atoms with E-state index in [9.17, 15) is 25.2 Å². The molecule has 0 spiro atoms. The molecule has 0 saturated carbocycles. The number of carbonyl (C=O) groups is 1. The molecule has 1 aromatic carbocycles. The Morgan fingerprint density at radius 3 is 2.55 bits per heavy atom. The lowest BCUT2D eigenvalue weighted by Gasteiger charge is -2.26. The Morgan fingerprint density at radius 1 is 1.18 bits per heavy atom. The van der Waals surface area contributed by atoms with Gasteiger partial charge in [-0.3, -0.25) is 4.79 Å². The van der Waals surface area contributed by atoms with E-state index in [0.29, 0.717) is 0 Å². The van der Waals surface area contributed by atoms with Gasteiger partial charge in [-0.05, 0) is 12.1 Å². The minimum absolute atomic E-state index is 0.0223. The monoisotopic (exact) mass is 348 g/mol. The highest BCUT2D eigenvalue weighted by Crippen LogP contribution is 2.32. The van der Waals surface area contributed by atoms with Gasteiger partial charge in [-0.1, -0.05) is 11.6 Å². The fraction of sp³-hybridized carbons (Fsp3) is 0.357. The number of Topliss-reactive ketones (excluding diaryl/α,β-unsaturated/α-hetero) is 1. The van der Waals surface area contributed by atoms with E-state index in [-0.39, 0.29) is 40.9 Å². The SMILES string of the molecule is O=C1C(COCc2cc(O)cc(Cl)c2O)=C[C@@H](O)[C@@H](O)[C@@H]1Cl. The minimum Gasteiger partial charge on any atom is -0.508 e. The summed E-state index contributed by atoms with van der Waals surface area (Å²) in [7, 11) is 0. The second-order valence-electron chi connectivity index (χ2n) is 4.87. The van der Waals surface area contributed by atoms with Crippen molar-refractivity contribution in [2.45, 2.75) is 24.2 Å². The van der Waals surface area contributed by atoms with Crippen molar-refractivity contribution in [2.75, 3.05) is 6.61 Å². The number of aliphatic hydroxyl groups excluding tert-OH is 2. The summed E-state index contributed by atoms with van der Waals surface area (Å²) in [6, 6.07) is 2.46. The van der Waals surface area contributed by atoms with E-state index >= 15 is 0 Å². The molecule has 0 aliphatic heterocycles. The first-order valence-corrected chi connectivity index (χ1v) is 7.16. The molecular weight excluding hydrogens is 335 g/mol. The number of halogens is 2. The zero-order valence-electron chi connectivity index (χ0n) is 11.2. The number of benzene rings is 1. The average Bonchev–Trinajstić information content (AvgIpc) is 2.47. The van der Waals surface area contributed by atoms with E-state index in [4.69, 9.17) is 27.9 Å². The van der Waals surface area contributed by atoms with Crippen molar-refractivity contribution in [1.82, 2.24) is 0 Å². The fourth-order valence-corrected chi connectivity index (χ4v) is 2.55. The van der Waals surface area contributed by atoms with E-state index in [1.165, 1.54) is 18.2 Å². The quantitative estimate of drug-likeness (QED) is 0.479. The molecule has 1 aromatic rings. The molecule has 0 fully saturated rings. The smallest absolute Gasteiger partial charge is 0.181 e. The highest BCUT2D eigenvalue weighted by atomic mass is 35.5. The Labute approximate surface area is 136 Å². The number of ether oxygens (including phenoxy) is 1. The number of ketones is 1. The molecule has 3 atom stereocenters. The molecule has 8 heteroatoms. The second kappa shape index (κ2) is 6.85. The molecule has 0 bridgehead atoms. The van der Waals surface area contributed by atoms with Gasteiger partial charge in [-0.2, -0.15) is 0 Å². The molecular formula is C14H14Cl2O6. The van der Waals surface area contributed by atoms with Crippen LogP contribution < -0.4 is 0 Å². The first-order valence-electron chi connectivity index (χ1n) is 6.34. The van der Waals surface area contributed by atoms with Crippen molar-refractivity contribution in [3.63, 3.8) is 0 Å². The molecule has 0 aromatic heterocycles. The van der Waals surface area contributed by atoms with E-state index in [1.807, 2.05) is 0 Å². The van der Waals surface area contributed by atoms with Crippen molar-refractivity contribution in [3.8, 4) is 11.5 Å². The van der Waals surface area contributed by atoms with Crippen LogP contribution in [0.25, 0.3) is 0 Å². The van der Waals surface area contributed by atoms with Gasteiger partial charge in [0.05, 0.1) is 18.2 Å². The Bertz CT molecular complexity index is 616. The molecule has 0 radical (unpaired) electrons. The summed E-state index contributed by atoms with van der Waals surface area (Å²) in [6.07, 6.45) is -1.42. The molecule has 1 aliphatic carbocycles. The summed E-state index contributed by atoms with van der Waals surface area (Å²) in [6.45, 7) is -0.283. The lowest BCUT2D eigenvalue weighted by molar-refractivity contribution is -0.120. The summed E-state index contributed by atoms with van der Waals surface area (Å²) in [5, 5.41) is 36.9. The van der Waals surface area contributed by atoms with Gasteiger partial charge in [0.2, 0.25) is 0 Å². The zero-order valence-corrected chi connectivity index (χ0v) is 12.8. The fourth-order valence-electron chi connectivity index (χ4n) is 2.03. The third-order valence-electron chi connectivity index (χ3n) is 3.23. The van der Waals surface area contributed by atoms with Gasteiger partial charge < -0.3 is 25.2 Å². The predicted octanol–water partition coefficient (Wildman–Crippen LogP) is 1.11. The van der Waals surface area contributed by atoms with E-state index in [2.05, 4.69) is 0 Å². The van der Waals surface area contributed by atoms with Crippen LogP contribution >= 0.6 is 23.2 Å². The Kier molecular flexibility index (Phi) is 5.31. The molecule has 1 aliphatic rings. The normalized spacial score (nSPS) is 25.2. The van der Waals surface area contributed by atoms with Gasteiger partial charge >= 0.3 is 0 Å². The van der Waals surface area contributed by atoms with Crippen molar-refractivity contribution < 1.29 is 30.0 Å². The van der Waals surface area contributed by atoms with Crippen LogP contribution in [0, 0.1) is 0 Å². The number of phenolic OH excluding ortho intramolecular Hbond substituents is 2. The van der Waals surface area contributed by atoms with Gasteiger partial charge in [0.1, 0.15) is 29.1 Å². The van der Waals surface area contributed by atoms with Crippen LogP contribution in [0.15, 0.2) is 23.8 Å². The van der Waals surface area contributed by atoms with Crippen molar-refractivity contribution in [1.29, 1.82) is 0 Å². The van der Waals surface area contributed by atoms with E-state index in [1.54, 1.807) is 0 Å². The zero-order chi connectivity index (χ0) is 16.4. The second-order valence-corrected chi connectivity index (χ2v) is 5.74. The minimum atomic E-state index is -1.35. The van der Waals surface area contributed by atoms with Crippen LogP contribution in [-0.4, -0.2) is 50.4 Å². The van der Waals surface area contributed by atoms with Gasteiger partial charge in [0, 0.05) is 17.2 Å². The largest absolute Gasteiger partial charge is 0.508 e. The predicted molar refractivity (Wildman–Crippen MR) is 79.2 cm³/mol. The van der Waals surface area contributed by atoms with Crippen LogP contribution in [0.5, 0.6) is 11.5 Å². The first kappa shape index (κ1) is 17.1. The van der Waals surface area contributed by atoms with Crippen LogP contribution in [0.2, 0.25) is 5.02 Å². The van der Waals surface area contributed by atoms with Crippen LogP contribution in [-0.2, 0) is 16.1 Å². The topological polar surface area (TPSA) is 107 Å². The van der Waals surface area contributed by atoms with Gasteiger partial charge in [0.25, 0.3) is 0 Å². The van der Waals surface area contributed by atoms with Crippen LogP contribution in [0.1, 0.15) is 5.56 Å².